The Morgan fingerprint density at radius 2 is 1.57 bits per heavy atom. The minimum Gasteiger partial charge on any atom is -0.343 e. The van der Waals surface area contributed by atoms with Gasteiger partial charge in [-0.05, 0) is 67.4 Å². The van der Waals surface area contributed by atoms with Crippen molar-refractivity contribution in [1.82, 2.24) is 10.2 Å². The molecule has 3 aromatic rings. The van der Waals surface area contributed by atoms with Crippen molar-refractivity contribution >= 4 is 68.9 Å². The summed E-state index contributed by atoms with van der Waals surface area (Å²) in [5.41, 5.74) is 6.38. The fraction of sp³-hybridized carbons (Fsp3) is 0.222. The van der Waals surface area contributed by atoms with Gasteiger partial charge in [0, 0.05) is 40.8 Å². The van der Waals surface area contributed by atoms with Gasteiger partial charge in [-0.25, -0.2) is 8.42 Å². The fourth-order valence-corrected chi connectivity index (χ4v) is 5.67. The molecule has 0 saturated carbocycles. The van der Waals surface area contributed by atoms with Crippen LogP contribution in [0.1, 0.15) is 39.1 Å². The van der Waals surface area contributed by atoms with Crippen LogP contribution in [-0.2, 0) is 14.8 Å². The highest BCUT2D eigenvalue weighted by atomic mass is 35.5. The minimum absolute atomic E-state index is 0. The van der Waals surface area contributed by atoms with Gasteiger partial charge in [-0.15, -0.1) is 12.4 Å². The van der Waals surface area contributed by atoms with Gasteiger partial charge in [-0.3, -0.25) is 19.1 Å². The van der Waals surface area contributed by atoms with Gasteiger partial charge in [-0.2, -0.15) is 0 Å². The summed E-state index contributed by atoms with van der Waals surface area (Å²) in [6.45, 7) is 0.936. The van der Waals surface area contributed by atoms with Crippen molar-refractivity contribution in [2.24, 2.45) is 5.73 Å². The SMILES string of the molecule is Cl.NC1CCN(C(=O)CNC(=O)c2ccc(S(=O)(=O)Nc3ccccc3C(=O)c3ccc(Cl)cc3Cl)cc2)CC1. The maximum absolute atomic E-state index is 13.1. The predicted molar refractivity (Wildman–Crippen MR) is 157 cm³/mol. The van der Waals surface area contributed by atoms with Gasteiger partial charge >= 0.3 is 0 Å². The normalized spacial score (nSPS) is 13.7. The second-order valence-electron chi connectivity index (χ2n) is 9.03. The number of anilines is 1. The maximum Gasteiger partial charge on any atom is 0.261 e. The average molecular weight is 626 g/mol. The summed E-state index contributed by atoms with van der Waals surface area (Å²) in [4.78, 5) is 39.5. The molecule has 3 aromatic carbocycles. The monoisotopic (exact) mass is 624 g/mol. The Hall–Kier alpha value is -3.15. The number of sulfonamides is 1. The molecule has 1 aliphatic rings. The Kier molecular flexibility index (Phi) is 10.6. The van der Waals surface area contributed by atoms with Crippen LogP contribution in [0, 0.1) is 0 Å². The second kappa shape index (κ2) is 13.5. The molecule has 1 aliphatic heterocycles. The number of amides is 2. The Balaban J connectivity index is 0.00000441. The number of hydrogen-bond donors (Lipinski definition) is 3. The van der Waals surface area contributed by atoms with Gasteiger partial charge in [0.2, 0.25) is 5.91 Å². The molecule has 0 atom stereocenters. The molecular formula is C27H27Cl3N4O5S. The van der Waals surface area contributed by atoms with Crippen LogP contribution in [0.5, 0.6) is 0 Å². The van der Waals surface area contributed by atoms with E-state index in [0.717, 1.165) is 12.8 Å². The van der Waals surface area contributed by atoms with Crippen LogP contribution in [0.2, 0.25) is 10.0 Å². The highest BCUT2D eigenvalue weighted by Gasteiger charge is 2.23. The summed E-state index contributed by atoms with van der Waals surface area (Å²) in [6.07, 6.45) is 1.44. The van der Waals surface area contributed by atoms with E-state index in [1.54, 1.807) is 17.0 Å². The minimum atomic E-state index is -4.11. The molecule has 212 valence electrons. The molecular weight excluding hydrogens is 599 g/mol. The Bertz CT molecular complexity index is 1510. The van der Waals surface area contributed by atoms with Gasteiger partial charge in [0.25, 0.3) is 15.9 Å². The number of carbonyl (C=O) groups excluding carboxylic acids is 3. The zero-order chi connectivity index (χ0) is 28.2. The van der Waals surface area contributed by atoms with Crippen LogP contribution in [0.4, 0.5) is 5.69 Å². The van der Waals surface area contributed by atoms with E-state index >= 15 is 0 Å². The molecule has 1 heterocycles. The molecule has 0 spiro atoms. The lowest BCUT2D eigenvalue weighted by Crippen LogP contribution is -2.46. The molecule has 0 radical (unpaired) electrons. The third-order valence-electron chi connectivity index (χ3n) is 6.31. The van der Waals surface area contributed by atoms with Crippen molar-refractivity contribution < 1.29 is 22.8 Å². The van der Waals surface area contributed by atoms with Crippen molar-refractivity contribution in [1.29, 1.82) is 0 Å². The van der Waals surface area contributed by atoms with Crippen LogP contribution in [0.3, 0.4) is 0 Å². The summed E-state index contributed by atoms with van der Waals surface area (Å²) >= 11 is 12.1. The first kappa shape index (κ1) is 31.4. The van der Waals surface area contributed by atoms with E-state index in [9.17, 15) is 22.8 Å². The van der Waals surface area contributed by atoms with Gasteiger partial charge < -0.3 is 16.0 Å². The summed E-state index contributed by atoms with van der Waals surface area (Å²) < 4.78 is 28.6. The Morgan fingerprint density at radius 3 is 2.23 bits per heavy atom. The summed E-state index contributed by atoms with van der Waals surface area (Å²) in [7, 11) is -4.11. The number of para-hydroxylation sites is 1. The van der Waals surface area contributed by atoms with Crippen LogP contribution in [0.25, 0.3) is 0 Å². The van der Waals surface area contributed by atoms with Gasteiger partial charge in [0.15, 0.2) is 5.78 Å². The number of halogens is 3. The number of nitrogens with two attached hydrogens (primary N) is 1. The average Bonchev–Trinajstić information content (AvgIpc) is 2.92. The van der Waals surface area contributed by atoms with E-state index in [1.807, 2.05) is 0 Å². The lowest BCUT2D eigenvalue weighted by atomic mass is 10.0. The molecule has 1 fully saturated rings. The number of hydrogen-bond acceptors (Lipinski definition) is 6. The van der Waals surface area contributed by atoms with E-state index in [2.05, 4.69) is 10.0 Å². The smallest absolute Gasteiger partial charge is 0.261 e. The molecule has 0 aromatic heterocycles. The molecule has 0 unspecified atom stereocenters. The first-order chi connectivity index (χ1) is 18.5. The Labute approximate surface area is 248 Å². The third kappa shape index (κ3) is 7.52. The number of ketones is 1. The summed E-state index contributed by atoms with van der Waals surface area (Å²) in [6, 6.07) is 15.9. The zero-order valence-corrected chi connectivity index (χ0v) is 24.2. The third-order valence-corrected chi connectivity index (χ3v) is 8.24. The van der Waals surface area contributed by atoms with Gasteiger partial charge in [0.1, 0.15) is 0 Å². The predicted octanol–water partition coefficient (Wildman–Crippen LogP) is 4.13. The van der Waals surface area contributed by atoms with Gasteiger partial charge in [-0.1, -0.05) is 35.3 Å². The first-order valence-electron chi connectivity index (χ1n) is 12.1. The molecule has 4 N–H and O–H groups in total. The quantitative estimate of drug-likeness (QED) is 0.322. The van der Waals surface area contributed by atoms with E-state index in [1.165, 1.54) is 54.6 Å². The molecule has 40 heavy (non-hydrogen) atoms. The zero-order valence-electron chi connectivity index (χ0n) is 21.1. The number of piperidine rings is 1. The largest absolute Gasteiger partial charge is 0.343 e. The van der Waals surface area contributed by atoms with Crippen molar-refractivity contribution in [3.63, 3.8) is 0 Å². The van der Waals surface area contributed by atoms with E-state index in [-0.39, 0.29) is 63.2 Å². The van der Waals surface area contributed by atoms with Crippen molar-refractivity contribution in [3.8, 4) is 0 Å². The van der Waals surface area contributed by atoms with Crippen LogP contribution in [-0.4, -0.2) is 56.6 Å². The highest BCUT2D eigenvalue weighted by Crippen LogP contribution is 2.27. The van der Waals surface area contributed by atoms with Crippen LogP contribution < -0.4 is 15.8 Å². The molecule has 0 bridgehead atoms. The standard InChI is InChI=1S/C27H26Cl2N4O5S.ClH/c28-18-7-10-21(23(29)15-18)26(35)22-3-1-2-4-24(22)32-39(37,38)20-8-5-17(6-9-20)27(36)31-16-25(34)33-13-11-19(30)12-14-33;/h1-10,15,19,32H,11-14,16,30H2,(H,31,36);1H. The molecule has 2 amide bonds. The van der Waals surface area contributed by atoms with Crippen LogP contribution in [0.15, 0.2) is 71.6 Å². The number of nitrogens with zero attached hydrogens (tertiary/aromatic N) is 1. The topological polar surface area (TPSA) is 139 Å². The van der Waals surface area contributed by atoms with E-state index in [0.29, 0.717) is 18.1 Å². The highest BCUT2D eigenvalue weighted by molar-refractivity contribution is 7.92. The number of benzene rings is 3. The Morgan fingerprint density at radius 1 is 0.925 bits per heavy atom. The van der Waals surface area contributed by atoms with E-state index < -0.39 is 21.7 Å². The number of nitrogens with one attached hydrogen (secondary N) is 2. The summed E-state index contributed by atoms with van der Waals surface area (Å²) in [5, 5.41) is 3.07. The van der Waals surface area contributed by atoms with Crippen molar-refractivity contribution in [2.75, 3.05) is 24.4 Å². The number of carbonyl (C=O) groups is 3. The lowest BCUT2D eigenvalue weighted by molar-refractivity contribution is -0.131. The lowest BCUT2D eigenvalue weighted by Gasteiger charge is -2.30. The maximum atomic E-state index is 13.1. The van der Waals surface area contributed by atoms with Crippen molar-refractivity contribution in [2.45, 2.75) is 23.8 Å². The molecule has 0 aliphatic carbocycles. The van der Waals surface area contributed by atoms with Crippen LogP contribution >= 0.6 is 35.6 Å². The summed E-state index contributed by atoms with van der Waals surface area (Å²) in [5.74, 6) is -1.19. The fourth-order valence-electron chi connectivity index (χ4n) is 4.10. The number of likely N-dealkylation sites (tertiary alicyclic amines) is 1. The van der Waals surface area contributed by atoms with E-state index in [4.69, 9.17) is 28.9 Å². The molecule has 4 rings (SSSR count). The first-order valence-corrected chi connectivity index (χ1v) is 14.3. The molecule has 1 saturated heterocycles. The number of rotatable bonds is 8. The van der Waals surface area contributed by atoms with Crippen molar-refractivity contribution in [3.05, 3.63) is 93.5 Å². The molecule has 13 heteroatoms. The molecule has 9 nitrogen and oxygen atoms in total. The van der Waals surface area contributed by atoms with Gasteiger partial charge in [0.05, 0.1) is 22.2 Å². The second-order valence-corrected chi connectivity index (χ2v) is 11.6.